The molecule has 1 atom stereocenters. The first kappa shape index (κ1) is 16.7. The summed E-state index contributed by atoms with van der Waals surface area (Å²) < 4.78 is 1.96. The molecule has 0 aliphatic heterocycles. The lowest BCUT2D eigenvalue weighted by Gasteiger charge is -2.18. The van der Waals surface area contributed by atoms with Gasteiger partial charge in [0.05, 0.1) is 17.8 Å². The van der Waals surface area contributed by atoms with Crippen LogP contribution in [0.1, 0.15) is 38.0 Å². The maximum Gasteiger partial charge on any atom is 0.0914 e. The second-order valence-corrected chi connectivity index (χ2v) is 7.22. The van der Waals surface area contributed by atoms with E-state index in [1.165, 1.54) is 5.39 Å². The minimum atomic E-state index is -0.521. The van der Waals surface area contributed by atoms with Crippen molar-refractivity contribution >= 4 is 10.8 Å². The molecule has 0 aliphatic rings. The number of rotatable bonds is 5. The molecule has 0 amide bonds. The highest BCUT2D eigenvalue weighted by Crippen LogP contribution is 2.20. The number of fused-ring (bicyclic) bond motifs is 1. The molecule has 1 aromatic heterocycles. The zero-order valence-electron chi connectivity index (χ0n) is 14.5. The molecule has 4 heteroatoms. The van der Waals surface area contributed by atoms with Crippen LogP contribution in [-0.4, -0.2) is 21.4 Å². The molecule has 1 unspecified atom stereocenters. The van der Waals surface area contributed by atoms with Crippen molar-refractivity contribution in [3.05, 3.63) is 66.0 Å². The second-order valence-electron chi connectivity index (χ2n) is 7.22. The number of aliphatic hydroxyl groups is 1. The second kappa shape index (κ2) is 6.75. The van der Waals surface area contributed by atoms with Crippen LogP contribution in [0.2, 0.25) is 0 Å². The van der Waals surface area contributed by atoms with Crippen molar-refractivity contribution in [2.75, 3.05) is 6.54 Å². The summed E-state index contributed by atoms with van der Waals surface area (Å²) in [4.78, 5) is 0. The van der Waals surface area contributed by atoms with E-state index in [0.717, 1.165) is 16.5 Å². The predicted octanol–water partition coefficient (Wildman–Crippen LogP) is 3.61. The van der Waals surface area contributed by atoms with Gasteiger partial charge in [-0.15, -0.1) is 0 Å². The monoisotopic (exact) mass is 323 g/mol. The predicted molar refractivity (Wildman–Crippen MR) is 97.8 cm³/mol. The van der Waals surface area contributed by atoms with Crippen molar-refractivity contribution in [2.45, 2.75) is 39.0 Å². The standard InChI is InChI=1S/C20H25N3O/c1-20(2,3)23-14-15(12-22-23)11-21-13-19(24)18-9-8-16-6-4-5-7-17(16)10-18/h4-10,12,14,19,21,24H,11,13H2,1-3H3. The van der Waals surface area contributed by atoms with E-state index in [4.69, 9.17) is 0 Å². The van der Waals surface area contributed by atoms with Crippen molar-refractivity contribution in [1.82, 2.24) is 15.1 Å². The van der Waals surface area contributed by atoms with E-state index in [0.29, 0.717) is 13.1 Å². The lowest BCUT2D eigenvalue weighted by atomic mass is 10.0. The molecule has 126 valence electrons. The average Bonchev–Trinajstić information content (AvgIpc) is 3.03. The fourth-order valence-electron chi connectivity index (χ4n) is 2.70. The summed E-state index contributed by atoms with van der Waals surface area (Å²) >= 11 is 0. The van der Waals surface area contributed by atoms with Crippen LogP contribution in [0.25, 0.3) is 10.8 Å². The Morgan fingerprint density at radius 3 is 2.58 bits per heavy atom. The fourth-order valence-corrected chi connectivity index (χ4v) is 2.70. The third-order valence-electron chi connectivity index (χ3n) is 4.15. The van der Waals surface area contributed by atoms with Crippen molar-refractivity contribution in [1.29, 1.82) is 0 Å². The highest BCUT2D eigenvalue weighted by molar-refractivity contribution is 5.83. The normalized spacial score (nSPS) is 13.3. The van der Waals surface area contributed by atoms with Gasteiger partial charge in [-0.3, -0.25) is 4.68 Å². The molecular weight excluding hydrogens is 298 g/mol. The van der Waals surface area contributed by atoms with Gasteiger partial charge in [0.2, 0.25) is 0 Å². The zero-order valence-corrected chi connectivity index (χ0v) is 14.5. The Morgan fingerprint density at radius 2 is 1.88 bits per heavy atom. The Bertz CT molecular complexity index is 817. The van der Waals surface area contributed by atoms with Gasteiger partial charge in [-0.1, -0.05) is 36.4 Å². The van der Waals surface area contributed by atoms with Gasteiger partial charge in [0.25, 0.3) is 0 Å². The van der Waals surface area contributed by atoms with Crippen LogP contribution in [0.15, 0.2) is 54.9 Å². The molecule has 0 spiro atoms. The number of nitrogens with one attached hydrogen (secondary N) is 1. The molecule has 0 fully saturated rings. The van der Waals surface area contributed by atoms with Crippen LogP contribution in [0.3, 0.4) is 0 Å². The summed E-state index contributed by atoms with van der Waals surface area (Å²) in [6, 6.07) is 14.3. The molecule has 0 bridgehead atoms. The van der Waals surface area contributed by atoms with Crippen LogP contribution in [0.5, 0.6) is 0 Å². The average molecular weight is 323 g/mol. The van der Waals surface area contributed by atoms with Crippen LogP contribution >= 0.6 is 0 Å². The Labute approximate surface area is 143 Å². The summed E-state index contributed by atoms with van der Waals surface area (Å²) in [5.41, 5.74) is 2.05. The summed E-state index contributed by atoms with van der Waals surface area (Å²) in [6.07, 6.45) is 3.41. The third-order valence-corrected chi connectivity index (χ3v) is 4.15. The lowest BCUT2D eigenvalue weighted by Crippen LogP contribution is -2.22. The van der Waals surface area contributed by atoms with E-state index in [-0.39, 0.29) is 5.54 Å². The molecule has 0 aliphatic carbocycles. The fraction of sp³-hybridized carbons (Fsp3) is 0.350. The van der Waals surface area contributed by atoms with Gasteiger partial charge in [-0.05, 0) is 43.2 Å². The van der Waals surface area contributed by atoms with E-state index in [9.17, 15) is 5.11 Å². The van der Waals surface area contributed by atoms with Gasteiger partial charge >= 0.3 is 0 Å². The first-order valence-electron chi connectivity index (χ1n) is 8.35. The number of hydrogen-bond acceptors (Lipinski definition) is 3. The molecule has 1 heterocycles. The number of benzene rings is 2. The molecule has 3 aromatic rings. The van der Waals surface area contributed by atoms with Crippen LogP contribution < -0.4 is 5.32 Å². The van der Waals surface area contributed by atoms with Crippen LogP contribution in [0, 0.1) is 0 Å². The largest absolute Gasteiger partial charge is 0.387 e. The molecule has 2 aromatic carbocycles. The van der Waals surface area contributed by atoms with Crippen molar-refractivity contribution < 1.29 is 5.11 Å². The van der Waals surface area contributed by atoms with Crippen LogP contribution in [-0.2, 0) is 12.1 Å². The molecule has 0 radical (unpaired) electrons. The molecule has 24 heavy (non-hydrogen) atoms. The maximum atomic E-state index is 10.4. The molecule has 2 N–H and O–H groups in total. The highest BCUT2D eigenvalue weighted by Gasteiger charge is 2.14. The maximum absolute atomic E-state index is 10.4. The van der Waals surface area contributed by atoms with E-state index in [1.807, 2.05) is 29.1 Å². The zero-order chi connectivity index (χ0) is 17.2. The molecule has 3 rings (SSSR count). The smallest absolute Gasteiger partial charge is 0.0914 e. The first-order chi connectivity index (χ1) is 11.4. The molecule has 0 saturated heterocycles. The summed E-state index contributed by atoms with van der Waals surface area (Å²) in [5, 5.41) is 20.5. The Kier molecular flexibility index (Phi) is 4.69. The van der Waals surface area contributed by atoms with E-state index in [1.54, 1.807) is 0 Å². The topological polar surface area (TPSA) is 50.1 Å². The minimum Gasteiger partial charge on any atom is -0.387 e. The molecule has 0 saturated carbocycles. The van der Waals surface area contributed by atoms with Crippen molar-refractivity contribution in [2.24, 2.45) is 0 Å². The number of hydrogen-bond donors (Lipinski definition) is 2. The molecular formula is C20H25N3O. The van der Waals surface area contributed by atoms with Gasteiger partial charge in [0.1, 0.15) is 0 Å². The van der Waals surface area contributed by atoms with E-state index < -0.39 is 6.10 Å². The highest BCUT2D eigenvalue weighted by atomic mass is 16.3. The van der Waals surface area contributed by atoms with Gasteiger partial charge in [-0.2, -0.15) is 5.10 Å². The Morgan fingerprint density at radius 1 is 1.12 bits per heavy atom. The quantitative estimate of drug-likeness (QED) is 0.754. The van der Waals surface area contributed by atoms with E-state index >= 15 is 0 Å². The number of nitrogens with zero attached hydrogens (tertiary/aromatic N) is 2. The van der Waals surface area contributed by atoms with Gasteiger partial charge in [0.15, 0.2) is 0 Å². The van der Waals surface area contributed by atoms with Gasteiger partial charge in [-0.25, -0.2) is 0 Å². The molecule has 4 nitrogen and oxygen atoms in total. The van der Waals surface area contributed by atoms with Gasteiger partial charge < -0.3 is 10.4 Å². The van der Waals surface area contributed by atoms with Crippen molar-refractivity contribution in [3.8, 4) is 0 Å². The summed E-state index contributed by atoms with van der Waals surface area (Å²) in [7, 11) is 0. The number of aliphatic hydroxyl groups excluding tert-OH is 1. The lowest BCUT2D eigenvalue weighted by molar-refractivity contribution is 0.174. The third kappa shape index (κ3) is 3.83. The Balaban J connectivity index is 1.58. The summed E-state index contributed by atoms with van der Waals surface area (Å²) in [6.45, 7) is 7.59. The number of aromatic nitrogens is 2. The first-order valence-corrected chi connectivity index (χ1v) is 8.35. The minimum absolute atomic E-state index is 0.0111. The van der Waals surface area contributed by atoms with Crippen molar-refractivity contribution in [3.63, 3.8) is 0 Å². The summed E-state index contributed by atoms with van der Waals surface area (Å²) in [5.74, 6) is 0. The van der Waals surface area contributed by atoms with Crippen LogP contribution in [0.4, 0.5) is 0 Å². The Hall–Kier alpha value is -2.17. The van der Waals surface area contributed by atoms with Gasteiger partial charge in [0, 0.05) is 24.8 Å². The SMILES string of the molecule is CC(C)(C)n1cc(CNCC(O)c2ccc3ccccc3c2)cn1. The van der Waals surface area contributed by atoms with E-state index in [2.05, 4.69) is 61.6 Å².